The van der Waals surface area contributed by atoms with E-state index in [1.165, 1.54) is 0 Å². The second kappa shape index (κ2) is 7.66. The number of rotatable bonds is 6. The number of benzene rings is 2. The number of fused-ring (bicyclic) bond motifs is 1. The number of aromatic amines is 1. The second-order valence-electron chi connectivity index (χ2n) is 5.68. The molecule has 0 saturated carbocycles. The summed E-state index contributed by atoms with van der Waals surface area (Å²) < 4.78 is 10.4. The van der Waals surface area contributed by atoms with E-state index in [4.69, 9.17) is 9.47 Å². The van der Waals surface area contributed by atoms with Crippen molar-refractivity contribution in [1.29, 1.82) is 0 Å². The molecule has 3 rings (SSSR count). The van der Waals surface area contributed by atoms with Gasteiger partial charge in [-0.1, -0.05) is 37.3 Å². The molecule has 0 atom stereocenters. The quantitative estimate of drug-likeness (QED) is 0.688. The van der Waals surface area contributed by atoms with E-state index in [9.17, 15) is 9.59 Å². The van der Waals surface area contributed by atoms with Crippen LogP contribution in [0.1, 0.15) is 39.8 Å². The molecule has 0 bridgehead atoms. The Kier molecular flexibility index (Phi) is 5.14. The van der Waals surface area contributed by atoms with Crippen molar-refractivity contribution in [3.8, 4) is 0 Å². The summed E-state index contributed by atoms with van der Waals surface area (Å²) in [6, 6.07) is 16.3. The molecule has 1 heterocycles. The van der Waals surface area contributed by atoms with Gasteiger partial charge in [-0.2, -0.15) is 0 Å². The molecule has 2 aromatic carbocycles. The van der Waals surface area contributed by atoms with Crippen molar-refractivity contribution in [2.75, 3.05) is 6.61 Å². The van der Waals surface area contributed by atoms with Gasteiger partial charge in [0.15, 0.2) is 0 Å². The summed E-state index contributed by atoms with van der Waals surface area (Å²) >= 11 is 0. The van der Waals surface area contributed by atoms with E-state index in [2.05, 4.69) is 4.98 Å². The van der Waals surface area contributed by atoms with Gasteiger partial charge < -0.3 is 14.5 Å². The number of carbonyl (C=O) groups excluding carboxylic acids is 2. The van der Waals surface area contributed by atoms with Crippen LogP contribution < -0.4 is 0 Å². The minimum absolute atomic E-state index is 0.212. The van der Waals surface area contributed by atoms with Gasteiger partial charge in [0, 0.05) is 10.9 Å². The Morgan fingerprint density at radius 1 is 0.960 bits per heavy atom. The third kappa shape index (κ3) is 4.07. The zero-order valence-electron chi connectivity index (χ0n) is 14.0. The van der Waals surface area contributed by atoms with Gasteiger partial charge in [0.25, 0.3) is 0 Å². The van der Waals surface area contributed by atoms with Gasteiger partial charge in [0.05, 0.1) is 12.2 Å². The van der Waals surface area contributed by atoms with Gasteiger partial charge in [0.2, 0.25) is 0 Å². The van der Waals surface area contributed by atoms with E-state index < -0.39 is 5.97 Å². The lowest BCUT2D eigenvalue weighted by atomic mass is 10.1. The zero-order chi connectivity index (χ0) is 17.6. The van der Waals surface area contributed by atoms with E-state index in [1.54, 1.807) is 24.3 Å². The average molecular weight is 337 g/mol. The van der Waals surface area contributed by atoms with Crippen LogP contribution in [-0.2, 0) is 16.1 Å². The lowest BCUT2D eigenvalue weighted by molar-refractivity contribution is 0.0465. The van der Waals surface area contributed by atoms with Crippen molar-refractivity contribution in [1.82, 2.24) is 4.98 Å². The summed E-state index contributed by atoms with van der Waals surface area (Å²) in [4.78, 5) is 27.1. The van der Waals surface area contributed by atoms with Crippen LogP contribution in [0.3, 0.4) is 0 Å². The van der Waals surface area contributed by atoms with Crippen LogP contribution in [0.5, 0.6) is 0 Å². The minimum atomic E-state index is -0.435. The van der Waals surface area contributed by atoms with E-state index in [0.717, 1.165) is 22.9 Å². The molecular weight excluding hydrogens is 318 g/mol. The van der Waals surface area contributed by atoms with Gasteiger partial charge in [0.1, 0.15) is 12.3 Å². The van der Waals surface area contributed by atoms with Crippen LogP contribution in [0.15, 0.2) is 54.6 Å². The number of nitrogens with one attached hydrogen (secondary N) is 1. The van der Waals surface area contributed by atoms with Crippen LogP contribution in [0.25, 0.3) is 10.9 Å². The molecule has 1 N–H and O–H groups in total. The normalized spacial score (nSPS) is 10.6. The van der Waals surface area contributed by atoms with Gasteiger partial charge in [-0.3, -0.25) is 0 Å². The van der Waals surface area contributed by atoms with E-state index in [1.807, 2.05) is 37.3 Å². The highest BCUT2D eigenvalue weighted by atomic mass is 16.5. The summed E-state index contributed by atoms with van der Waals surface area (Å²) in [6.07, 6.45) is 0.773. The zero-order valence-corrected chi connectivity index (χ0v) is 14.0. The van der Waals surface area contributed by atoms with Crippen molar-refractivity contribution in [2.45, 2.75) is 20.0 Å². The van der Waals surface area contributed by atoms with Crippen LogP contribution in [0.2, 0.25) is 0 Å². The molecule has 0 aliphatic rings. The number of carbonyl (C=O) groups is 2. The number of ether oxygens (including phenoxy) is 2. The van der Waals surface area contributed by atoms with E-state index >= 15 is 0 Å². The monoisotopic (exact) mass is 337 g/mol. The number of esters is 2. The average Bonchev–Trinajstić information content (AvgIpc) is 3.08. The molecule has 0 radical (unpaired) electrons. The Morgan fingerprint density at radius 2 is 1.76 bits per heavy atom. The highest BCUT2D eigenvalue weighted by Gasteiger charge is 2.13. The maximum absolute atomic E-state index is 12.2. The number of hydrogen-bond donors (Lipinski definition) is 1. The fourth-order valence-electron chi connectivity index (χ4n) is 2.45. The Balaban J connectivity index is 1.72. The fourth-order valence-corrected chi connectivity index (χ4v) is 2.45. The molecule has 25 heavy (non-hydrogen) atoms. The first-order chi connectivity index (χ1) is 12.2. The Labute approximate surface area is 145 Å². The summed E-state index contributed by atoms with van der Waals surface area (Å²) in [7, 11) is 0. The third-order valence-electron chi connectivity index (χ3n) is 3.73. The van der Waals surface area contributed by atoms with Crippen molar-refractivity contribution < 1.29 is 19.1 Å². The molecule has 0 aliphatic carbocycles. The molecule has 0 spiro atoms. The highest BCUT2D eigenvalue weighted by Crippen LogP contribution is 2.19. The third-order valence-corrected chi connectivity index (χ3v) is 3.73. The molecule has 5 nitrogen and oxygen atoms in total. The van der Waals surface area contributed by atoms with Crippen molar-refractivity contribution in [2.24, 2.45) is 0 Å². The SMILES string of the molecule is CCCOC(=O)c1ccc2[nH]c(C(=O)OCc3ccccc3)cc2c1. The first-order valence-corrected chi connectivity index (χ1v) is 8.18. The van der Waals surface area contributed by atoms with Gasteiger partial charge in [-0.25, -0.2) is 9.59 Å². The van der Waals surface area contributed by atoms with E-state index in [-0.39, 0.29) is 12.6 Å². The lowest BCUT2D eigenvalue weighted by Gasteiger charge is -2.02. The predicted octanol–water partition coefficient (Wildman–Crippen LogP) is 4.09. The second-order valence-corrected chi connectivity index (χ2v) is 5.68. The molecular formula is C20H19NO4. The molecule has 3 aromatic rings. The molecule has 5 heteroatoms. The predicted molar refractivity (Wildman–Crippen MR) is 94.4 cm³/mol. The first-order valence-electron chi connectivity index (χ1n) is 8.18. The van der Waals surface area contributed by atoms with E-state index in [0.29, 0.717) is 17.9 Å². The largest absolute Gasteiger partial charge is 0.462 e. The van der Waals surface area contributed by atoms with Crippen LogP contribution in [-0.4, -0.2) is 23.5 Å². The Hall–Kier alpha value is -3.08. The Bertz CT molecular complexity index is 883. The van der Waals surface area contributed by atoms with Crippen LogP contribution in [0.4, 0.5) is 0 Å². The maximum Gasteiger partial charge on any atom is 0.355 e. The minimum Gasteiger partial charge on any atom is -0.462 e. The molecule has 128 valence electrons. The molecule has 0 aliphatic heterocycles. The van der Waals surface area contributed by atoms with Gasteiger partial charge >= 0.3 is 11.9 Å². The Morgan fingerprint density at radius 3 is 2.52 bits per heavy atom. The summed E-state index contributed by atoms with van der Waals surface area (Å²) in [5.74, 6) is -0.798. The summed E-state index contributed by atoms with van der Waals surface area (Å²) in [6.45, 7) is 2.54. The summed E-state index contributed by atoms with van der Waals surface area (Å²) in [5.41, 5.74) is 2.50. The topological polar surface area (TPSA) is 68.4 Å². The first kappa shape index (κ1) is 16.8. The molecule has 1 aromatic heterocycles. The van der Waals surface area contributed by atoms with Crippen molar-refractivity contribution >= 4 is 22.8 Å². The van der Waals surface area contributed by atoms with Crippen molar-refractivity contribution in [3.05, 3.63) is 71.4 Å². The lowest BCUT2D eigenvalue weighted by Crippen LogP contribution is -2.05. The smallest absolute Gasteiger partial charge is 0.355 e. The van der Waals surface area contributed by atoms with Crippen molar-refractivity contribution in [3.63, 3.8) is 0 Å². The number of hydrogen-bond acceptors (Lipinski definition) is 4. The molecule has 0 unspecified atom stereocenters. The van der Waals surface area contributed by atoms with Gasteiger partial charge in [-0.15, -0.1) is 0 Å². The van der Waals surface area contributed by atoms with Gasteiger partial charge in [-0.05, 0) is 36.2 Å². The highest BCUT2D eigenvalue weighted by molar-refractivity contribution is 5.98. The molecule has 0 saturated heterocycles. The standard InChI is InChI=1S/C20H19NO4/c1-2-10-24-19(22)15-8-9-17-16(11-15)12-18(21-17)20(23)25-13-14-6-4-3-5-7-14/h3-9,11-12,21H,2,10,13H2,1H3. The number of aromatic nitrogens is 1. The van der Waals surface area contributed by atoms with Crippen LogP contribution >= 0.6 is 0 Å². The summed E-state index contributed by atoms with van der Waals surface area (Å²) in [5, 5.41) is 0.762. The number of H-pyrrole nitrogens is 1. The fraction of sp³-hybridized carbons (Fsp3) is 0.200. The molecule has 0 amide bonds. The maximum atomic E-state index is 12.2. The van der Waals surface area contributed by atoms with Crippen LogP contribution in [0, 0.1) is 0 Å². The molecule has 0 fully saturated rings.